The number of hydrogen-bond acceptors (Lipinski definition) is 6. The lowest BCUT2D eigenvalue weighted by atomic mass is 10.1. The quantitative estimate of drug-likeness (QED) is 0.520. The monoisotopic (exact) mass is 299 g/mol. The third-order valence-electron chi connectivity index (χ3n) is 3.44. The highest BCUT2D eigenvalue weighted by Gasteiger charge is 2.44. The molecular formula is C13H21N3O5. The molecule has 1 saturated heterocycles. The lowest BCUT2D eigenvalue weighted by molar-refractivity contribution is -0.0533. The average Bonchev–Trinajstić information content (AvgIpc) is 2.73. The number of ether oxygens (including phenoxy) is 1. The van der Waals surface area contributed by atoms with Gasteiger partial charge in [-0.15, -0.1) is 0 Å². The van der Waals surface area contributed by atoms with Gasteiger partial charge in [0.2, 0.25) is 0 Å². The van der Waals surface area contributed by atoms with Crippen LogP contribution in [-0.2, 0) is 4.74 Å². The van der Waals surface area contributed by atoms with Crippen molar-refractivity contribution in [2.75, 3.05) is 13.2 Å². The van der Waals surface area contributed by atoms with Crippen LogP contribution >= 0.6 is 0 Å². The summed E-state index contributed by atoms with van der Waals surface area (Å²) in [7, 11) is 0. The van der Waals surface area contributed by atoms with Crippen LogP contribution in [0.2, 0.25) is 0 Å². The van der Waals surface area contributed by atoms with Crippen molar-refractivity contribution in [1.82, 2.24) is 14.9 Å². The van der Waals surface area contributed by atoms with E-state index in [1.165, 1.54) is 12.3 Å². The van der Waals surface area contributed by atoms with Crippen LogP contribution in [0.4, 0.5) is 0 Å². The van der Waals surface area contributed by atoms with E-state index in [1.807, 2.05) is 13.8 Å². The fourth-order valence-corrected chi connectivity index (χ4v) is 2.38. The fraction of sp³-hybridized carbons (Fsp3) is 0.692. The van der Waals surface area contributed by atoms with Crippen LogP contribution in [0.5, 0.6) is 0 Å². The zero-order valence-corrected chi connectivity index (χ0v) is 12.0. The Balaban J connectivity index is 2.22. The van der Waals surface area contributed by atoms with Crippen molar-refractivity contribution in [3.05, 3.63) is 33.1 Å². The van der Waals surface area contributed by atoms with Crippen molar-refractivity contribution in [3.63, 3.8) is 0 Å². The first kappa shape index (κ1) is 15.9. The molecule has 0 aromatic carbocycles. The SMILES string of the molecule is CC(C)CN[C@H]1[C@H](O)[C@H](n2ccc(=O)[nH]c2=O)O[C@@H]1CO. The summed E-state index contributed by atoms with van der Waals surface area (Å²) in [6, 6.07) is 0.696. The molecule has 8 heteroatoms. The summed E-state index contributed by atoms with van der Waals surface area (Å²) in [5, 5.41) is 22.9. The number of nitrogens with one attached hydrogen (secondary N) is 2. The van der Waals surface area contributed by atoms with E-state index >= 15 is 0 Å². The molecule has 0 unspecified atom stereocenters. The molecule has 0 saturated carbocycles. The van der Waals surface area contributed by atoms with Crippen LogP contribution in [0.1, 0.15) is 20.1 Å². The number of H-pyrrole nitrogens is 1. The minimum Gasteiger partial charge on any atom is -0.394 e. The van der Waals surface area contributed by atoms with Gasteiger partial charge in [0.1, 0.15) is 12.2 Å². The minimum atomic E-state index is -1.01. The van der Waals surface area contributed by atoms with Crippen molar-refractivity contribution >= 4 is 0 Å². The number of aliphatic hydroxyl groups excluding tert-OH is 2. The Morgan fingerprint density at radius 1 is 1.48 bits per heavy atom. The van der Waals surface area contributed by atoms with E-state index in [0.29, 0.717) is 12.5 Å². The van der Waals surface area contributed by atoms with E-state index in [0.717, 1.165) is 4.57 Å². The van der Waals surface area contributed by atoms with Gasteiger partial charge in [-0.3, -0.25) is 14.3 Å². The Morgan fingerprint density at radius 3 is 2.76 bits per heavy atom. The maximum Gasteiger partial charge on any atom is 0.330 e. The molecule has 1 fully saturated rings. The second-order valence-electron chi connectivity index (χ2n) is 5.58. The highest BCUT2D eigenvalue weighted by molar-refractivity contribution is 4.96. The minimum absolute atomic E-state index is 0.276. The summed E-state index contributed by atoms with van der Waals surface area (Å²) >= 11 is 0. The topological polar surface area (TPSA) is 117 Å². The normalized spacial score (nSPS) is 29.2. The number of aromatic amines is 1. The van der Waals surface area contributed by atoms with E-state index < -0.39 is 35.7 Å². The van der Waals surface area contributed by atoms with Crippen molar-refractivity contribution in [2.45, 2.75) is 38.3 Å². The van der Waals surface area contributed by atoms with E-state index in [2.05, 4.69) is 10.3 Å². The molecule has 0 aliphatic carbocycles. The van der Waals surface area contributed by atoms with Crippen LogP contribution in [0.25, 0.3) is 0 Å². The van der Waals surface area contributed by atoms with Gasteiger partial charge in [-0.25, -0.2) is 4.79 Å². The largest absolute Gasteiger partial charge is 0.394 e. The first-order valence-electron chi connectivity index (χ1n) is 6.93. The summed E-state index contributed by atoms with van der Waals surface area (Å²) in [6.45, 7) is 4.41. The van der Waals surface area contributed by atoms with Gasteiger partial charge in [-0.2, -0.15) is 0 Å². The summed E-state index contributed by atoms with van der Waals surface area (Å²) in [5.41, 5.74) is -1.18. The van der Waals surface area contributed by atoms with E-state index in [1.54, 1.807) is 0 Å². The van der Waals surface area contributed by atoms with Crippen molar-refractivity contribution in [2.24, 2.45) is 5.92 Å². The molecule has 118 valence electrons. The first-order chi connectivity index (χ1) is 9.93. The molecule has 21 heavy (non-hydrogen) atoms. The Morgan fingerprint density at radius 2 is 2.19 bits per heavy atom. The van der Waals surface area contributed by atoms with Gasteiger partial charge in [-0.1, -0.05) is 13.8 Å². The van der Waals surface area contributed by atoms with Gasteiger partial charge >= 0.3 is 5.69 Å². The van der Waals surface area contributed by atoms with Crippen molar-refractivity contribution in [1.29, 1.82) is 0 Å². The molecule has 1 aromatic rings. The third kappa shape index (κ3) is 3.41. The molecule has 4 atom stereocenters. The van der Waals surface area contributed by atoms with Crippen LogP contribution in [-0.4, -0.2) is 51.2 Å². The van der Waals surface area contributed by atoms with E-state index in [9.17, 15) is 19.8 Å². The number of rotatable bonds is 5. The molecule has 0 radical (unpaired) electrons. The molecule has 0 amide bonds. The Bertz CT molecular complexity index is 582. The van der Waals surface area contributed by atoms with Gasteiger partial charge in [0.25, 0.3) is 5.56 Å². The molecule has 0 bridgehead atoms. The van der Waals surface area contributed by atoms with E-state index in [-0.39, 0.29) is 6.61 Å². The highest BCUT2D eigenvalue weighted by Crippen LogP contribution is 2.28. The van der Waals surface area contributed by atoms with Gasteiger partial charge in [-0.05, 0) is 12.5 Å². The zero-order chi connectivity index (χ0) is 15.6. The molecule has 2 rings (SSSR count). The number of aromatic nitrogens is 2. The van der Waals surface area contributed by atoms with Crippen LogP contribution in [0.3, 0.4) is 0 Å². The van der Waals surface area contributed by atoms with Gasteiger partial charge in [0.15, 0.2) is 6.23 Å². The van der Waals surface area contributed by atoms with Crippen molar-refractivity contribution in [3.8, 4) is 0 Å². The first-order valence-corrected chi connectivity index (χ1v) is 6.93. The van der Waals surface area contributed by atoms with Gasteiger partial charge in [0.05, 0.1) is 12.6 Å². The molecule has 0 spiro atoms. The molecule has 1 aliphatic heterocycles. The Kier molecular flexibility index (Phi) is 4.94. The number of nitrogens with zero attached hydrogens (tertiary/aromatic N) is 1. The van der Waals surface area contributed by atoms with Gasteiger partial charge in [0, 0.05) is 12.3 Å². The summed E-state index contributed by atoms with van der Waals surface area (Å²) in [6.07, 6.45) is -1.31. The number of aliphatic hydroxyl groups is 2. The van der Waals surface area contributed by atoms with Crippen LogP contribution in [0.15, 0.2) is 21.9 Å². The standard InChI is InChI=1S/C13H21N3O5/c1-7(2)5-14-10-8(6-17)21-12(11(10)19)16-4-3-9(18)15-13(16)20/h3-4,7-8,10-12,14,17,19H,5-6H2,1-2H3,(H,15,18,20)/t8-,10-,11+,12-/m1/s1. The summed E-state index contributed by atoms with van der Waals surface area (Å²) < 4.78 is 6.67. The average molecular weight is 299 g/mol. The molecule has 1 aliphatic rings. The smallest absolute Gasteiger partial charge is 0.330 e. The summed E-state index contributed by atoms with van der Waals surface area (Å²) in [5.74, 6) is 0.367. The Labute approximate surface area is 121 Å². The third-order valence-corrected chi connectivity index (χ3v) is 3.44. The molecule has 8 nitrogen and oxygen atoms in total. The fourth-order valence-electron chi connectivity index (χ4n) is 2.38. The molecule has 2 heterocycles. The second kappa shape index (κ2) is 6.52. The van der Waals surface area contributed by atoms with Crippen LogP contribution < -0.4 is 16.6 Å². The lowest BCUT2D eigenvalue weighted by Crippen LogP contribution is -2.47. The molecular weight excluding hydrogens is 278 g/mol. The molecule has 4 N–H and O–H groups in total. The Hall–Kier alpha value is -1.48. The predicted octanol–water partition coefficient (Wildman–Crippen LogP) is -1.60. The highest BCUT2D eigenvalue weighted by atomic mass is 16.5. The maximum absolute atomic E-state index is 11.8. The maximum atomic E-state index is 11.8. The van der Waals surface area contributed by atoms with Crippen LogP contribution in [0, 0.1) is 5.92 Å². The van der Waals surface area contributed by atoms with Gasteiger partial charge < -0.3 is 20.3 Å². The lowest BCUT2D eigenvalue weighted by Gasteiger charge is -2.21. The zero-order valence-electron chi connectivity index (χ0n) is 12.0. The van der Waals surface area contributed by atoms with E-state index in [4.69, 9.17) is 4.74 Å². The molecule has 1 aromatic heterocycles. The number of hydrogen-bond donors (Lipinski definition) is 4. The second-order valence-corrected chi connectivity index (χ2v) is 5.58. The predicted molar refractivity (Wildman–Crippen MR) is 75.0 cm³/mol. The van der Waals surface area contributed by atoms with Crippen molar-refractivity contribution < 1.29 is 14.9 Å². The summed E-state index contributed by atoms with van der Waals surface area (Å²) in [4.78, 5) is 25.0.